The van der Waals surface area contributed by atoms with Crippen molar-refractivity contribution in [2.45, 2.75) is 89.9 Å². The molecule has 0 aromatic rings. The molecule has 0 spiro atoms. The van der Waals surface area contributed by atoms with Crippen molar-refractivity contribution >= 4 is 11.8 Å². The van der Waals surface area contributed by atoms with E-state index in [1.54, 1.807) is 0 Å². The van der Waals surface area contributed by atoms with E-state index in [-0.39, 0.29) is 30.1 Å². The van der Waals surface area contributed by atoms with E-state index in [0.29, 0.717) is 31.1 Å². The molecule has 5 atom stereocenters. The Morgan fingerprint density at radius 1 is 1.22 bits per heavy atom. The zero-order valence-electron chi connectivity index (χ0n) is 19.8. The van der Waals surface area contributed by atoms with Gasteiger partial charge in [0.2, 0.25) is 0 Å². The smallest absolute Gasteiger partial charge is 0.305 e. The van der Waals surface area contributed by atoms with E-state index in [0.717, 1.165) is 58.0 Å². The number of esters is 1. The van der Waals surface area contributed by atoms with Crippen LogP contribution in [0.5, 0.6) is 0 Å². The lowest BCUT2D eigenvalue weighted by molar-refractivity contribution is -0.192. The van der Waals surface area contributed by atoms with Gasteiger partial charge in [0.25, 0.3) is 0 Å². The molecular formula is C27H40O5. The Labute approximate surface area is 193 Å². The van der Waals surface area contributed by atoms with Crippen LogP contribution in [0.25, 0.3) is 0 Å². The van der Waals surface area contributed by atoms with Crippen molar-refractivity contribution in [3.05, 3.63) is 36.0 Å². The Kier molecular flexibility index (Phi) is 10.2. The summed E-state index contributed by atoms with van der Waals surface area (Å²) in [5.41, 5.74) is 1.32. The summed E-state index contributed by atoms with van der Waals surface area (Å²) in [5.74, 6) is 1.21. The van der Waals surface area contributed by atoms with Gasteiger partial charge >= 0.3 is 5.97 Å². The molecule has 32 heavy (non-hydrogen) atoms. The maximum Gasteiger partial charge on any atom is 0.305 e. The van der Waals surface area contributed by atoms with Crippen molar-refractivity contribution < 1.29 is 23.8 Å². The lowest BCUT2D eigenvalue weighted by atomic mass is 9.89. The average Bonchev–Trinajstić information content (AvgIpc) is 3.33. The third kappa shape index (κ3) is 7.41. The predicted molar refractivity (Wildman–Crippen MR) is 125 cm³/mol. The number of fused-ring (bicyclic) bond motifs is 1. The topological polar surface area (TPSA) is 61.8 Å². The number of hydrogen-bond acceptors (Lipinski definition) is 5. The molecular weight excluding hydrogens is 404 g/mol. The molecule has 3 aliphatic rings. The van der Waals surface area contributed by atoms with Gasteiger partial charge in [0.15, 0.2) is 12.1 Å². The lowest BCUT2D eigenvalue weighted by Gasteiger charge is -2.29. The van der Waals surface area contributed by atoms with Crippen molar-refractivity contribution in [2.75, 3.05) is 13.7 Å². The molecule has 0 N–H and O–H groups in total. The largest absolute Gasteiger partial charge is 0.469 e. The molecule has 1 aliphatic heterocycles. The molecule has 3 rings (SSSR count). The molecule has 5 nitrogen and oxygen atoms in total. The minimum atomic E-state index is -0.175. The molecule has 0 aromatic heterocycles. The first-order chi connectivity index (χ1) is 15.6. The van der Waals surface area contributed by atoms with Crippen LogP contribution in [0.4, 0.5) is 0 Å². The zero-order valence-corrected chi connectivity index (χ0v) is 19.8. The van der Waals surface area contributed by atoms with Crippen molar-refractivity contribution in [3.8, 4) is 0 Å². The Bertz CT molecular complexity index is 701. The summed E-state index contributed by atoms with van der Waals surface area (Å²) in [6.07, 6.45) is 20.7. The highest BCUT2D eigenvalue weighted by Gasteiger charge is 2.45. The van der Waals surface area contributed by atoms with Gasteiger partial charge in [-0.2, -0.15) is 0 Å². The van der Waals surface area contributed by atoms with Gasteiger partial charge < -0.3 is 14.2 Å². The van der Waals surface area contributed by atoms with Gasteiger partial charge in [-0.3, -0.25) is 9.59 Å². The van der Waals surface area contributed by atoms with Crippen LogP contribution >= 0.6 is 0 Å². The molecule has 0 radical (unpaired) electrons. The molecule has 1 saturated carbocycles. The van der Waals surface area contributed by atoms with Crippen LogP contribution in [-0.2, 0) is 23.8 Å². The van der Waals surface area contributed by atoms with Crippen LogP contribution in [0.3, 0.4) is 0 Å². The highest BCUT2D eigenvalue weighted by molar-refractivity contribution is 5.89. The van der Waals surface area contributed by atoms with E-state index in [1.807, 2.05) is 6.08 Å². The summed E-state index contributed by atoms with van der Waals surface area (Å²) in [6, 6.07) is 0. The van der Waals surface area contributed by atoms with Gasteiger partial charge in [-0.15, -0.1) is 0 Å². The summed E-state index contributed by atoms with van der Waals surface area (Å²) in [6.45, 7) is 2.93. The molecule has 1 saturated heterocycles. The van der Waals surface area contributed by atoms with E-state index in [4.69, 9.17) is 14.2 Å². The highest BCUT2D eigenvalue weighted by atomic mass is 16.7. The van der Waals surface area contributed by atoms with Gasteiger partial charge in [-0.1, -0.05) is 49.6 Å². The summed E-state index contributed by atoms with van der Waals surface area (Å²) in [4.78, 5) is 23.7. The second-order valence-corrected chi connectivity index (χ2v) is 9.36. The number of ketones is 1. The number of unbranched alkanes of at least 4 members (excludes halogenated alkanes) is 2. The first-order valence-electron chi connectivity index (χ1n) is 12.5. The molecule has 0 aromatic carbocycles. The van der Waals surface area contributed by atoms with Gasteiger partial charge in [0.1, 0.15) is 0 Å². The maximum atomic E-state index is 12.4. The normalized spacial score (nSPS) is 30.1. The van der Waals surface area contributed by atoms with Crippen molar-refractivity contribution in [3.63, 3.8) is 0 Å². The second kappa shape index (κ2) is 13.1. The summed E-state index contributed by atoms with van der Waals surface area (Å²) in [7, 11) is 1.42. The fraction of sp³-hybridized carbons (Fsp3) is 0.704. The van der Waals surface area contributed by atoms with E-state index in [1.165, 1.54) is 12.7 Å². The summed E-state index contributed by atoms with van der Waals surface area (Å²) < 4.78 is 17.0. The Morgan fingerprint density at radius 2 is 2.09 bits per heavy atom. The number of carbonyl (C=O) groups excluding carboxylic acids is 2. The number of carbonyl (C=O) groups is 2. The molecule has 2 fully saturated rings. The van der Waals surface area contributed by atoms with Crippen molar-refractivity contribution in [2.24, 2.45) is 17.8 Å². The minimum absolute atomic E-state index is 0.105. The predicted octanol–water partition coefficient (Wildman–Crippen LogP) is 5.70. The zero-order chi connectivity index (χ0) is 22.8. The summed E-state index contributed by atoms with van der Waals surface area (Å²) >= 11 is 0. The van der Waals surface area contributed by atoms with E-state index in [9.17, 15) is 9.59 Å². The number of allylic oxidation sites excluding steroid dienone is 5. The number of hydrogen-bond donors (Lipinski definition) is 0. The van der Waals surface area contributed by atoms with Gasteiger partial charge in [0, 0.05) is 25.4 Å². The van der Waals surface area contributed by atoms with Crippen LogP contribution in [0, 0.1) is 17.8 Å². The fourth-order valence-corrected chi connectivity index (χ4v) is 5.19. The van der Waals surface area contributed by atoms with Crippen LogP contribution in [0.2, 0.25) is 0 Å². The molecule has 1 heterocycles. The third-order valence-electron chi connectivity index (χ3n) is 6.95. The quantitative estimate of drug-likeness (QED) is 0.220. The maximum absolute atomic E-state index is 12.4. The van der Waals surface area contributed by atoms with Crippen molar-refractivity contribution in [1.82, 2.24) is 0 Å². The standard InChI is InChI=1S/C27H40O5/c1-3-4-5-11-22(28)14-15-23-24-18-20(10-6-7-12-26(29)30-2)17-21(24)19-25(23)32-27-13-8-9-16-31-27/h6,10,14-15,17,21,23-25,27H,3-5,7-9,11-13,16,18-19H2,1-2H3/b10-6?,15-14-/t21-,23-,24-,25+,27?/m0/s1. The van der Waals surface area contributed by atoms with Crippen molar-refractivity contribution in [1.29, 1.82) is 0 Å². The van der Waals surface area contributed by atoms with Crippen LogP contribution in [0.15, 0.2) is 36.0 Å². The van der Waals surface area contributed by atoms with E-state index < -0.39 is 0 Å². The van der Waals surface area contributed by atoms with E-state index >= 15 is 0 Å². The Morgan fingerprint density at radius 3 is 2.84 bits per heavy atom. The number of ether oxygens (including phenoxy) is 3. The Hall–Kier alpha value is -1.72. The molecule has 0 amide bonds. The van der Waals surface area contributed by atoms with Crippen LogP contribution in [-0.4, -0.2) is 37.9 Å². The van der Waals surface area contributed by atoms with Gasteiger partial charge in [0.05, 0.1) is 13.2 Å². The number of methoxy groups -OCH3 is 1. The first-order valence-corrected chi connectivity index (χ1v) is 12.5. The van der Waals surface area contributed by atoms with Gasteiger partial charge in [-0.05, 0) is 62.9 Å². The molecule has 178 valence electrons. The van der Waals surface area contributed by atoms with Gasteiger partial charge in [-0.25, -0.2) is 0 Å². The second-order valence-electron chi connectivity index (χ2n) is 9.36. The number of rotatable bonds is 12. The molecule has 5 heteroatoms. The fourth-order valence-electron chi connectivity index (χ4n) is 5.19. The third-order valence-corrected chi connectivity index (χ3v) is 6.95. The van der Waals surface area contributed by atoms with Crippen LogP contribution in [0.1, 0.15) is 77.6 Å². The molecule has 0 bridgehead atoms. The van der Waals surface area contributed by atoms with E-state index in [2.05, 4.69) is 31.2 Å². The SMILES string of the molecule is CCCCCC(=O)/C=C\[C@H]1[C@H]2CC(C=CCCC(=O)OC)=C[C@H]2C[C@H]1OC1CCCCO1. The highest BCUT2D eigenvalue weighted by Crippen LogP contribution is 2.49. The Balaban J connectivity index is 1.60. The summed E-state index contributed by atoms with van der Waals surface area (Å²) in [5, 5.41) is 0. The van der Waals surface area contributed by atoms with Crippen LogP contribution < -0.4 is 0 Å². The molecule has 2 aliphatic carbocycles. The molecule has 1 unspecified atom stereocenters. The average molecular weight is 445 g/mol. The minimum Gasteiger partial charge on any atom is -0.469 e. The lowest BCUT2D eigenvalue weighted by Crippen LogP contribution is -2.30. The monoisotopic (exact) mass is 444 g/mol. The first kappa shape index (κ1) is 24.9.